The molecule has 6 nitrogen and oxygen atoms in total. The van der Waals surface area contributed by atoms with Crippen molar-refractivity contribution in [2.45, 2.75) is 38.3 Å². The van der Waals surface area contributed by atoms with Crippen molar-refractivity contribution in [3.63, 3.8) is 0 Å². The molecule has 3 rings (SSSR count). The highest BCUT2D eigenvalue weighted by atomic mass is 16.2. The lowest BCUT2D eigenvalue weighted by molar-refractivity contribution is -0.132. The lowest BCUT2D eigenvalue weighted by Crippen LogP contribution is -2.59. The minimum atomic E-state index is -0.980. The molecule has 0 unspecified atom stereocenters. The first kappa shape index (κ1) is 19.6. The average molecular weight is 377 g/mol. The van der Waals surface area contributed by atoms with Gasteiger partial charge in [-0.2, -0.15) is 0 Å². The smallest absolute Gasteiger partial charge is 0.246 e. The number of hydrogen-bond acceptors (Lipinski definition) is 3. The summed E-state index contributed by atoms with van der Waals surface area (Å²) in [5.41, 5.74) is 8.19. The molecule has 28 heavy (non-hydrogen) atoms. The maximum absolute atomic E-state index is 13.1. The second-order valence-electron chi connectivity index (χ2n) is 7.10. The van der Waals surface area contributed by atoms with Gasteiger partial charge in [0, 0.05) is 31.4 Å². The highest BCUT2D eigenvalue weighted by Gasteiger charge is 2.44. The van der Waals surface area contributed by atoms with E-state index in [-0.39, 0.29) is 17.6 Å². The Morgan fingerprint density at radius 1 is 1.11 bits per heavy atom. The fraction of sp³-hybridized carbons (Fsp3) is 0.273. The first-order valence-corrected chi connectivity index (χ1v) is 9.37. The Morgan fingerprint density at radius 3 is 2.25 bits per heavy atom. The highest BCUT2D eigenvalue weighted by molar-refractivity contribution is 5.96. The molecule has 0 saturated carbocycles. The SMILES string of the molecule is CC[CH]C(=O)NC1(C(=O)NCc2ccc(C(=N)N)cc2)Cc2ccccc2C1. The summed E-state index contributed by atoms with van der Waals surface area (Å²) in [7, 11) is 0. The van der Waals surface area contributed by atoms with Crippen molar-refractivity contribution in [1.82, 2.24) is 10.6 Å². The van der Waals surface area contributed by atoms with Gasteiger partial charge in [0.25, 0.3) is 0 Å². The zero-order valence-electron chi connectivity index (χ0n) is 15.9. The van der Waals surface area contributed by atoms with Crippen LogP contribution in [-0.2, 0) is 29.0 Å². The topological polar surface area (TPSA) is 108 Å². The van der Waals surface area contributed by atoms with Crippen LogP contribution in [0.25, 0.3) is 0 Å². The standard InChI is InChI=1S/C22H25N4O2/c1-2-5-19(27)26-22(12-17-6-3-4-7-18(17)13-22)21(28)25-14-15-8-10-16(11-9-15)20(23)24/h3-11H,2,12-14H2,1H3,(H3,23,24)(H,25,28)(H,26,27). The van der Waals surface area contributed by atoms with Gasteiger partial charge in [0.1, 0.15) is 11.4 Å². The number of nitrogen functional groups attached to an aromatic ring is 1. The summed E-state index contributed by atoms with van der Waals surface area (Å²) < 4.78 is 0. The van der Waals surface area contributed by atoms with Gasteiger partial charge in [-0.05, 0) is 23.1 Å². The number of nitrogens with one attached hydrogen (secondary N) is 3. The third-order valence-corrected chi connectivity index (χ3v) is 5.01. The Bertz CT molecular complexity index is 865. The van der Waals surface area contributed by atoms with Crippen LogP contribution in [0, 0.1) is 11.8 Å². The normalized spacial score (nSPS) is 14.2. The predicted molar refractivity (Wildman–Crippen MR) is 109 cm³/mol. The molecule has 2 aromatic rings. The van der Waals surface area contributed by atoms with Gasteiger partial charge in [0.15, 0.2) is 0 Å². The largest absolute Gasteiger partial charge is 0.384 e. The van der Waals surface area contributed by atoms with Gasteiger partial charge in [-0.1, -0.05) is 55.5 Å². The molecule has 2 aromatic carbocycles. The number of benzene rings is 2. The summed E-state index contributed by atoms with van der Waals surface area (Å²) in [5.74, 6) is -0.415. The number of hydrogen-bond donors (Lipinski definition) is 4. The number of amides is 2. The molecule has 2 amide bonds. The summed E-state index contributed by atoms with van der Waals surface area (Å²) >= 11 is 0. The summed E-state index contributed by atoms with van der Waals surface area (Å²) in [5, 5.41) is 13.4. The summed E-state index contributed by atoms with van der Waals surface area (Å²) in [6, 6.07) is 15.1. The Balaban J connectivity index is 1.74. The molecule has 6 heteroatoms. The van der Waals surface area contributed by atoms with Crippen LogP contribution >= 0.6 is 0 Å². The maximum atomic E-state index is 13.1. The summed E-state index contributed by atoms with van der Waals surface area (Å²) in [6.45, 7) is 2.23. The van der Waals surface area contributed by atoms with Gasteiger partial charge in [-0.25, -0.2) is 0 Å². The van der Waals surface area contributed by atoms with E-state index in [4.69, 9.17) is 11.1 Å². The van der Waals surface area contributed by atoms with Crippen molar-refractivity contribution >= 4 is 17.6 Å². The van der Waals surface area contributed by atoms with Gasteiger partial charge in [-0.3, -0.25) is 15.0 Å². The van der Waals surface area contributed by atoms with Gasteiger partial charge < -0.3 is 16.4 Å². The molecule has 0 fully saturated rings. The first-order chi connectivity index (χ1) is 13.4. The van der Waals surface area contributed by atoms with E-state index in [1.165, 1.54) is 0 Å². The molecule has 0 spiro atoms. The van der Waals surface area contributed by atoms with Crippen molar-refractivity contribution in [2.75, 3.05) is 0 Å². The molecule has 0 aromatic heterocycles. The molecule has 0 atom stereocenters. The molecule has 1 aliphatic rings. The number of amidine groups is 1. The van der Waals surface area contributed by atoms with E-state index in [0.29, 0.717) is 31.4 Å². The van der Waals surface area contributed by atoms with E-state index in [0.717, 1.165) is 16.7 Å². The summed E-state index contributed by atoms with van der Waals surface area (Å²) in [4.78, 5) is 25.4. The molecule has 1 radical (unpaired) electrons. The first-order valence-electron chi connectivity index (χ1n) is 9.37. The Hall–Kier alpha value is -3.15. The molecular formula is C22H25N4O2. The second kappa shape index (κ2) is 8.25. The zero-order chi connectivity index (χ0) is 20.1. The second-order valence-corrected chi connectivity index (χ2v) is 7.10. The fourth-order valence-corrected chi connectivity index (χ4v) is 3.55. The van der Waals surface area contributed by atoms with Crippen LogP contribution in [0.2, 0.25) is 0 Å². The molecule has 0 bridgehead atoms. The lowest BCUT2D eigenvalue weighted by atomic mass is 9.93. The van der Waals surface area contributed by atoms with Crippen LogP contribution in [0.15, 0.2) is 48.5 Å². The van der Waals surface area contributed by atoms with E-state index in [1.54, 1.807) is 18.6 Å². The van der Waals surface area contributed by atoms with Crippen LogP contribution in [0.1, 0.15) is 35.6 Å². The molecule has 0 aliphatic heterocycles. The minimum absolute atomic E-state index is 0.00754. The van der Waals surface area contributed by atoms with Gasteiger partial charge in [0.2, 0.25) is 11.8 Å². The minimum Gasteiger partial charge on any atom is -0.384 e. The Morgan fingerprint density at radius 2 is 1.71 bits per heavy atom. The molecule has 145 valence electrons. The Labute approximate surface area is 165 Å². The van der Waals surface area contributed by atoms with Crippen LogP contribution in [0.3, 0.4) is 0 Å². The van der Waals surface area contributed by atoms with Crippen LogP contribution in [0.5, 0.6) is 0 Å². The van der Waals surface area contributed by atoms with Crippen LogP contribution in [-0.4, -0.2) is 23.2 Å². The van der Waals surface area contributed by atoms with Gasteiger partial charge in [0.05, 0.1) is 0 Å². The maximum Gasteiger partial charge on any atom is 0.246 e. The monoisotopic (exact) mass is 377 g/mol. The van der Waals surface area contributed by atoms with Crippen LogP contribution < -0.4 is 16.4 Å². The highest BCUT2D eigenvalue weighted by Crippen LogP contribution is 2.30. The molecular weight excluding hydrogens is 352 g/mol. The number of carbonyl (C=O) groups excluding carboxylic acids is 2. The number of carbonyl (C=O) groups is 2. The number of fused-ring (bicyclic) bond motifs is 1. The fourth-order valence-electron chi connectivity index (χ4n) is 3.55. The third-order valence-electron chi connectivity index (χ3n) is 5.01. The van der Waals surface area contributed by atoms with Crippen molar-refractivity contribution in [1.29, 1.82) is 5.41 Å². The quantitative estimate of drug-likeness (QED) is 0.437. The lowest BCUT2D eigenvalue weighted by Gasteiger charge is -2.29. The van der Waals surface area contributed by atoms with Gasteiger partial charge in [-0.15, -0.1) is 0 Å². The third kappa shape index (κ3) is 4.22. The van der Waals surface area contributed by atoms with Crippen molar-refractivity contribution in [3.8, 4) is 0 Å². The summed E-state index contributed by atoms with van der Waals surface area (Å²) in [6.07, 6.45) is 3.11. The van der Waals surface area contributed by atoms with Gasteiger partial charge >= 0.3 is 0 Å². The average Bonchev–Trinajstić information content (AvgIpc) is 3.05. The van der Waals surface area contributed by atoms with Crippen molar-refractivity contribution in [3.05, 3.63) is 77.2 Å². The zero-order valence-corrected chi connectivity index (χ0v) is 15.9. The van der Waals surface area contributed by atoms with E-state index in [1.807, 2.05) is 43.3 Å². The van der Waals surface area contributed by atoms with Crippen LogP contribution in [0.4, 0.5) is 0 Å². The molecule has 0 saturated heterocycles. The van der Waals surface area contributed by atoms with E-state index in [9.17, 15) is 9.59 Å². The Kier molecular flexibility index (Phi) is 5.78. The van der Waals surface area contributed by atoms with E-state index < -0.39 is 5.54 Å². The number of rotatable bonds is 7. The molecule has 0 heterocycles. The molecule has 5 N–H and O–H groups in total. The van der Waals surface area contributed by atoms with E-state index in [2.05, 4.69) is 10.6 Å². The number of nitrogens with two attached hydrogens (primary N) is 1. The molecule has 1 aliphatic carbocycles. The van der Waals surface area contributed by atoms with E-state index >= 15 is 0 Å². The van der Waals surface area contributed by atoms with Crippen molar-refractivity contribution in [2.24, 2.45) is 5.73 Å². The predicted octanol–water partition coefficient (Wildman–Crippen LogP) is 1.85. The van der Waals surface area contributed by atoms with Crippen molar-refractivity contribution < 1.29 is 9.59 Å².